The van der Waals surface area contributed by atoms with Crippen molar-refractivity contribution in [1.82, 2.24) is 4.98 Å². The molecule has 1 saturated carbocycles. The number of nitrogens with two attached hydrogens (primary N) is 1. The van der Waals surface area contributed by atoms with Gasteiger partial charge >= 0.3 is 0 Å². The monoisotopic (exact) mass is 211 g/mol. The highest BCUT2D eigenvalue weighted by Gasteiger charge is 2.27. The Balaban J connectivity index is 2.25. The Kier molecular flexibility index (Phi) is 2.61. The first-order chi connectivity index (χ1) is 6.72. The summed E-state index contributed by atoms with van der Waals surface area (Å²) < 4.78 is 0. The second kappa shape index (κ2) is 3.75. The Bertz CT molecular complexity index is 336. The van der Waals surface area contributed by atoms with Crippen molar-refractivity contribution in [2.75, 3.05) is 11.9 Å². The van der Waals surface area contributed by atoms with E-state index in [9.17, 15) is 0 Å². The maximum Gasteiger partial charge on any atom is 0.128 e. The largest absolute Gasteiger partial charge is 0.357 e. The van der Waals surface area contributed by atoms with Gasteiger partial charge in [-0.25, -0.2) is 4.98 Å². The highest BCUT2D eigenvalue weighted by atomic mass is 35.5. The molecule has 2 N–H and O–H groups in total. The van der Waals surface area contributed by atoms with Crippen molar-refractivity contribution in [2.24, 2.45) is 5.73 Å². The Morgan fingerprint density at radius 1 is 1.64 bits per heavy atom. The molecule has 0 bridgehead atoms. The Morgan fingerprint density at radius 2 is 2.36 bits per heavy atom. The molecular weight excluding hydrogens is 198 g/mol. The molecule has 1 heterocycles. The maximum atomic E-state index is 5.94. The standard InChI is InChI=1S/C10H14ClN3/c1-14(8-2-3-8)10-4-7(5-12)9(11)6-13-10/h4,6,8H,2-3,5,12H2,1H3. The molecule has 0 aromatic carbocycles. The third-order valence-corrected chi connectivity index (χ3v) is 2.94. The highest BCUT2D eigenvalue weighted by molar-refractivity contribution is 6.31. The van der Waals surface area contributed by atoms with Gasteiger partial charge in [0.2, 0.25) is 0 Å². The number of aromatic nitrogens is 1. The molecule has 2 rings (SSSR count). The Labute approximate surface area is 88.9 Å². The summed E-state index contributed by atoms with van der Waals surface area (Å²) in [6, 6.07) is 2.63. The molecule has 1 aromatic heterocycles. The van der Waals surface area contributed by atoms with Crippen molar-refractivity contribution in [1.29, 1.82) is 0 Å². The van der Waals surface area contributed by atoms with Crippen LogP contribution in [0.15, 0.2) is 12.3 Å². The van der Waals surface area contributed by atoms with E-state index in [-0.39, 0.29) is 0 Å². The van der Waals surface area contributed by atoms with E-state index >= 15 is 0 Å². The van der Waals surface area contributed by atoms with E-state index in [0.717, 1.165) is 11.4 Å². The minimum absolute atomic E-state index is 0.465. The number of hydrogen-bond acceptors (Lipinski definition) is 3. The predicted molar refractivity (Wildman–Crippen MR) is 58.6 cm³/mol. The summed E-state index contributed by atoms with van der Waals surface area (Å²) in [7, 11) is 2.06. The van der Waals surface area contributed by atoms with Crippen LogP contribution in [0.25, 0.3) is 0 Å². The zero-order valence-electron chi connectivity index (χ0n) is 8.20. The molecule has 0 unspecified atom stereocenters. The summed E-state index contributed by atoms with van der Waals surface area (Å²) >= 11 is 5.94. The van der Waals surface area contributed by atoms with Crippen molar-refractivity contribution < 1.29 is 0 Å². The number of nitrogens with zero attached hydrogens (tertiary/aromatic N) is 2. The molecule has 14 heavy (non-hydrogen) atoms. The van der Waals surface area contributed by atoms with Gasteiger partial charge in [-0.05, 0) is 24.5 Å². The summed E-state index contributed by atoms with van der Waals surface area (Å²) in [6.07, 6.45) is 4.20. The molecule has 1 aromatic rings. The number of rotatable bonds is 3. The molecule has 0 amide bonds. The van der Waals surface area contributed by atoms with Crippen molar-refractivity contribution in [3.8, 4) is 0 Å². The van der Waals surface area contributed by atoms with E-state index in [1.54, 1.807) is 6.20 Å². The van der Waals surface area contributed by atoms with E-state index in [0.29, 0.717) is 17.6 Å². The summed E-state index contributed by atoms with van der Waals surface area (Å²) in [4.78, 5) is 6.48. The highest BCUT2D eigenvalue weighted by Crippen LogP contribution is 2.30. The molecule has 4 heteroatoms. The van der Waals surface area contributed by atoms with Crippen LogP contribution in [0.3, 0.4) is 0 Å². The second-order valence-corrected chi connectivity index (χ2v) is 4.09. The molecule has 76 valence electrons. The molecule has 1 aliphatic carbocycles. The van der Waals surface area contributed by atoms with Crippen LogP contribution in [0.5, 0.6) is 0 Å². The predicted octanol–water partition coefficient (Wildman–Crippen LogP) is 1.79. The first kappa shape index (κ1) is 9.74. The minimum Gasteiger partial charge on any atom is -0.357 e. The molecular formula is C10H14ClN3. The van der Waals surface area contributed by atoms with Crippen LogP contribution >= 0.6 is 11.6 Å². The topological polar surface area (TPSA) is 42.1 Å². The smallest absolute Gasteiger partial charge is 0.128 e. The SMILES string of the molecule is CN(c1cc(CN)c(Cl)cn1)C1CC1. The lowest BCUT2D eigenvalue weighted by Crippen LogP contribution is -2.20. The van der Waals surface area contributed by atoms with Crippen LogP contribution in [-0.4, -0.2) is 18.1 Å². The molecule has 0 radical (unpaired) electrons. The van der Waals surface area contributed by atoms with E-state index in [2.05, 4.69) is 16.9 Å². The number of halogens is 1. The van der Waals surface area contributed by atoms with Gasteiger partial charge in [0.1, 0.15) is 5.82 Å². The summed E-state index contributed by atoms with van der Waals surface area (Å²) in [5.74, 6) is 0.970. The van der Waals surface area contributed by atoms with Gasteiger partial charge in [-0.3, -0.25) is 0 Å². The maximum absolute atomic E-state index is 5.94. The Morgan fingerprint density at radius 3 is 2.93 bits per heavy atom. The lowest BCUT2D eigenvalue weighted by atomic mass is 10.2. The molecule has 0 aliphatic heterocycles. The number of anilines is 1. The van der Waals surface area contributed by atoms with Crippen molar-refractivity contribution in [3.05, 3.63) is 22.8 Å². The summed E-state index contributed by atoms with van der Waals surface area (Å²) in [5, 5.41) is 0.653. The summed E-state index contributed by atoms with van der Waals surface area (Å²) in [6.45, 7) is 0.465. The second-order valence-electron chi connectivity index (χ2n) is 3.68. The van der Waals surface area contributed by atoms with Crippen LogP contribution in [0, 0.1) is 0 Å². The van der Waals surface area contributed by atoms with Crippen LogP contribution in [0.1, 0.15) is 18.4 Å². The van der Waals surface area contributed by atoms with Gasteiger partial charge in [0, 0.05) is 25.8 Å². The Hall–Kier alpha value is -0.800. The lowest BCUT2D eigenvalue weighted by molar-refractivity contribution is 0.887. The molecule has 1 fully saturated rings. The van der Waals surface area contributed by atoms with E-state index in [4.69, 9.17) is 17.3 Å². The van der Waals surface area contributed by atoms with Crippen LogP contribution in [0.2, 0.25) is 5.02 Å². The molecule has 0 atom stereocenters. The first-order valence-electron chi connectivity index (χ1n) is 4.79. The average Bonchev–Trinajstić information content (AvgIpc) is 3.01. The van der Waals surface area contributed by atoms with Gasteiger partial charge < -0.3 is 10.6 Å². The fourth-order valence-electron chi connectivity index (χ4n) is 1.47. The number of pyridine rings is 1. The molecule has 0 saturated heterocycles. The zero-order valence-corrected chi connectivity index (χ0v) is 8.96. The quantitative estimate of drug-likeness (QED) is 0.829. The van der Waals surface area contributed by atoms with Crippen LogP contribution in [0.4, 0.5) is 5.82 Å². The van der Waals surface area contributed by atoms with Gasteiger partial charge in [-0.15, -0.1) is 0 Å². The van der Waals surface area contributed by atoms with Crippen molar-refractivity contribution in [3.63, 3.8) is 0 Å². The number of hydrogen-bond donors (Lipinski definition) is 1. The van der Waals surface area contributed by atoms with E-state index in [1.165, 1.54) is 12.8 Å². The van der Waals surface area contributed by atoms with Gasteiger partial charge in [-0.1, -0.05) is 11.6 Å². The van der Waals surface area contributed by atoms with Gasteiger partial charge in [0.05, 0.1) is 5.02 Å². The van der Waals surface area contributed by atoms with Gasteiger partial charge in [0.25, 0.3) is 0 Å². The lowest BCUT2D eigenvalue weighted by Gasteiger charge is -2.18. The van der Waals surface area contributed by atoms with E-state index < -0.39 is 0 Å². The third-order valence-electron chi connectivity index (χ3n) is 2.60. The first-order valence-corrected chi connectivity index (χ1v) is 5.17. The van der Waals surface area contributed by atoms with Crippen molar-refractivity contribution >= 4 is 17.4 Å². The molecule has 3 nitrogen and oxygen atoms in total. The fourth-order valence-corrected chi connectivity index (χ4v) is 1.65. The molecule has 1 aliphatic rings. The van der Waals surface area contributed by atoms with Crippen LogP contribution < -0.4 is 10.6 Å². The minimum atomic E-state index is 0.465. The fraction of sp³-hybridized carbons (Fsp3) is 0.500. The molecule has 0 spiro atoms. The average molecular weight is 212 g/mol. The normalized spacial score (nSPS) is 15.6. The van der Waals surface area contributed by atoms with Gasteiger partial charge in [0.15, 0.2) is 0 Å². The third kappa shape index (κ3) is 1.83. The van der Waals surface area contributed by atoms with Crippen molar-refractivity contribution in [2.45, 2.75) is 25.4 Å². The van der Waals surface area contributed by atoms with Crippen LogP contribution in [-0.2, 0) is 6.54 Å². The zero-order chi connectivity index (χ0) is 10.1. The van der Waals surface area contributed by atoms with Gasteiger partial charge in [-0.2, -0.15) is 0 Å². The summed E-state index contributed by atoms with van der Waals surface area (Å²) in [5.41, 5.74) is 6.54. The van der Waals surface area contributed by atoms with E-state index in [1.807, 2.05) is 6.07 Å².